The molecule has 0 unspecified atom stereocenters. The summed E-state index contributed by atoms with van der Waals surface area (Å²) in [5.41, 5.74) is 0.424. The second-order valence-electron chi connectivity index (χ2n) is 3.45. The maximum Gasteiger partial charge on any atom is 0.335 e. The van der Waals surface area contributed by atoms with Crippen LogP contribution in [0.5, 0.6) is 0 Å². The Hall–Kier alpha value is -1.95. The smallest absolute Gasteiger partial charge is 0.335 e. The Morgan fingerprint density at radius 3 is 2.89 bits per heavy atom. The molecule has 0 atom stereocenters. The SMILES string of the molecule is O=C(O)c1ccc(F)c(CSc2ccncn2)c1. The topological polar surface area (TPSA) is 63.1 Å². The zero-order chi connectivity index (χ0) is 13.0. The summed E-state index contributed by atoms with van der Waals surface area (Å²) < 4.78 is 13.5. The lowest BCUT2D eigenvalue weighted by Gasteiger charge is -2.04. The van der Waals surface area contributed by atoms with Crippen LogP contribution in [0.1, 0.15) is 15.9 Å². The molecule has 1 aromatic heterocycles. The number of nitrogens with zero attached hydrogens (tertiary/aromatic N) is 2. The first-order chi connectivity index (χ1) is 8.66. The van der Waals surface area contributed by atoms with Crippen LogP contribution in [0.15, 0.2) is 41.8 Å². The average molecular weight is 264 g/mol. The number of thioether (sulfide) groups is 1. The first-order valence-electron chi connectivity index (χ1n) is 5.07. The Balaban J connectivity index is 2.14. The third-order valence-electron chi connectivity index (χ3n) is 2.22. The van der Waals surface area contributed by atoms with Crippen LogP contribution in [0.2, 0.25) is 0 Å². The van der Waals surface area contributed by atoms with Gasteiger partial charge in [-0.05, 0) is 29.8 Å². The number of benzene rings is 1. The minimum absolute atomic E-state index is 0.0784. The second kappa shape index (κ2) is 5.59. The van der Waals surface area contributed by atoms with E-state index in [4.69, 9.17) is 5.11 Å². The quantitative estimate of drug-likeness (QED) is 0.679. The Bertz CT molecular complexity index is 563. The van der Waals surface area contributed by atoms with Crippen molar-refractivity contribution in [2.24, 2.45) is 0 Å². The zero-order valence-electron chi connectivity index (χ0n) is 9.21. The first-order valence-corrected chi connectivity index (χ1v) is 6.06. The fourth-order valence-electron chi connectivity index (χ4n) is 1.33. The Morgan fingerprint density at radius 2 is 2.22 bits per heavy atom. The van der Waals surface area contributed by atoms with Gasteiger partial charge in [0.1, 0.15) is 12.1 Å². The molecule has 0 spiro atoms. The fourth-order valence-corrected chi connectivity index (χ4v) is 2.14. The summed E-state index contributed by atoms with van der Waals surface area (Å²) in [6.07, 6.45) is 3.01. The molecular weight excluding hydrogens is 255 g/mol. The third-order valence-corrected chi connectivity index (χ3v) is 3.22. The standard InChI is InChI=1S/C12H9FN2O2S/c13-10-2-1-8(12(16)17)5-9(10)6-18-11-3-4-14-7-15-11/h1-5,7H,6H2,(H,16,17). The highest BCUT2D eigenvalue weighted by Gasteiger charge is 2.09. The van der Waals surface area contributed by atoms with E-state index in [9.17, 15) is 9.18 Å². The summed E-state index contributed by atoms with van der Waals surface area (Å²) in [5, 5.41) is 9.55. The maximum absolute atomic E-state index is 13.5. The number of carboxylic acid groups (broad SMARTS) is 1. The van der Waals surface area contributed by atoms with Crippen molar-refractivity contribution in [3.63, 3.8) is 0 Å². The molecule has 0 aliphatic heterocycles. The van der Waals surface area contributed by atoms with Gasteiger partial charge in [0.25, 0.3) is 0 Å². The van der Waals surface area contributed by atoms with Crippen LogP contribution in [0.4, 0.5) is 4.39 Å². The molecule has 0 saturated carbocycles. The molecule has 6 heteroatoms. The highest BCUT2D eigenvalue weighted by molar-refractivity contribution is 7.98. The summed E-state index contributed by atoms with van der Waals surface area (Å²) in [4.78, 5) is 18.6. The lowest BCUT2D eigenvalue weighted by molar-refractivity contribution is 0.0696. The van der Waals surface area contributed by atoms with Crippen LogP contribution in [0.25, 0.3) is 0 Å². The van der Waals surface area contributed by atoms with E-state index in [1.54, 1.807) is 12.3 Å². The van der Waals surface area contributed by atoms with E-state index in [1.165, 1.54) is 36.3 Å². The van der Waals surface area contributed by atoms with Gasteiger partial charge in [-0.2, -0.15) is 0 Å². The van der Waals surface area contributed by atoms with Crippen LogP contribution in [0, 0.1) is 5.82 Å². The van der Waals surface area contributed by atoms with Crippen molar-refractivity contribution in [3.05, 3.63) is 53.7 Å². The summed E-state index contributed by atoms with van der Waals surface area (Å²) in [6, 6.07) is 5.46. The lowest BCUT2D eigenvalue weighted by Crippen LogP contribution is -1.99. The highest BCUT2D eigenvalue weighted by atomic mass is 32.2. The minimum atomic E-state index is -1.07. The van der Waals surface area contributed by atoms with E-state index in [-0.39, 0.29) is 5.56 Å². The predicted octanol–water partition coefficient (Wildman–Crippen LogP) is 2.61. The van der Waals surface area contributed by atoms with Crippen molar-refractivity contribution >= 4 is 17.7 Å². The first kappa shape index (κ1) is 12.5. The number of rotatable bonds is 4. The normalized spacial score (nSPS) is 10.3. The molecule has 0 amide bonds. The molecule has 1 heterocycles. The molecule has 1 aromatic carbocycles. The molecule has 0 radical (unpaired) electrons. The maximum atomic E-state index is 13.5. The van der Waals surface area contributed by atoms with Gasteiger partial charge in [-0.3, -0.25) is 0 Å². The van der Waals surface area contributed by atoms with Crippen LogP contribution in [0.3, 0.4) is 0 Å². The van der Waals surface area contributed by atoms with Crippen molar-refractivity contribution in [1.29, 1.82) is 0 Å². The van der Waals surface area contributed by atoms with Gasteiger partial charge >= 0.3 is 5.97 Å². The second-order valence-corrected chi connectivity index (χ2v) is 4.44. The number of hydrogen-bond donors (Lipinski definition) is 1. The van der Waals surface area contributed by atoms with Crippen molar-refractivity contribution in [2.75, 3.05) is 0 Å². The van der Waals surface area contributed by atoms with Crippen molar-refractivity contribution in [1.82, 2.24) is 9.97 Å². The Labute approximate surface area is 107 Å². The van der Waals surface area contributed by atoms with Crippen molar-refractivity contribution in [3.8, 4) is 0 Å². The predicted molar refractivity (Wildman–Crippen MR) is 65.0 cm³/mol. The number of aromatic nitrogens is 2. The van der Waals surface area contributed by atoms with Crippen LogP contribution in [-0.2, 0) is 5.75 Å². The largest absolute Gasteiger partial charge is 0.478 e. The monoisotopic (exact) mass is 264 g/mol. The van der Waals surface area contributed by atoms with E-state index in [0.29, 0.717) is 16.3 Å². The molecule has 0 bridgehead atoms. The molecule has 2 aromatic rings. The number of hydrogen-bond acceptors (Lipinski definition) is 4. The van der Waals surface area contributed by atoms with Crippen LogP contribution >= 0.6 is 11.8 Å². The van der Waals surface area contributed by atoms with Gasteiger partial charge in [0.05, 0.1) is 10.6 Å². The average Bonchev–Trinajstić information content (AvgIpc) is 2.38. The molecule has 18 heavy (non-hydrogen) atoms. The van der Waals surface area contributed by atoms with Gasteiger partial charge in [-0.25, -0.2) is 19.2 Å². The molecule has 0 saturated heterocycles. The summed E-state index contributed by atoms with van der Waals surface area (Å²) >= 11 is 1.32. The number of aromatic carboxylic acids is 1. The van der Waals surface area contributed by atoms with Gasteiger partial charge in [-0.15, -0.1) is 11.8 Å². The number of carboxylic acids is 1. The molecule has 0 aliphatic carbocycles. The molecule has 0 aliphatic rings. The van der Waals surface area contributed by atoms with Gasteiger partial charge in [0, 0.05) is 11.9 Å². The van der Waals surface area contributed by atoms with E-state index in [0.717, 1.165) is 0 Å². The van der Waals surface area contributed by atoms with Crippen molar-refractivity contribution < 1.29 is 14.3 Å². The Kier molecular flexibility index (Phi) is 3.88. The van der Waals surface area contributed by atoms with Gasteiger partial charge in [0.2, 0.25) is 0 Å². The molecule has 92 valence electrons. The van der Waals surface area contributed by atoms with E-state index < -0.39 is 11.8 Å². The van der Waals surface area contributed by atoms with Crippen LogP contribution in [-0.4, -0.2) is 21.0 Å². The Morgan fingerprint density at radius 1 is 1.39 bits per heavy atom. The summed E-state index contributed by atoms with van der Waals surface area (Å²) in [6.45, 7) is 0. The lowest BCUT2D eigenvalue weighted by atomic mass is 10.1. The highest BCUT2D eigenvalue weighted by Crippen LogP contribution is 2.22. The number of carbonyl (C=O) groups is 1. The molecule has 0 fully saturated rings. The van der Waals surface area contributed by atoms with Gasteiger partial charge < -0.3 is 5.11 Å². The van der Waals surface area contributed by atoms with Crippen molar-refractivity contribution in [2.45, 2.75) is 10.8 Å². The molecule has 2 rings (SSSR count). The van der Waals surface area contributed by atoms with E-state index >= 15 is 0 Å². The molecular formula is C12H9FN2O2S. The summed E-state index contributed by atoms with van der Waals surface area (Å²) in [7, 11) is 0. The van der Waals surface area contributed by atoms with E-state index in [2.05, 4.69) is 9.97 Å². The van der Waals surface area contributed by atoms with Gasteiger partial charge in [-0.1, -0.05) is 0 Å². The third kappa shape index (κ3) is 3.04. The molecule has 1 N–H and O–H groups in total. The zero-order valence-corrected chi connectivity index (χ0v) is 10.0. The fraction of sp³-hybridized carbons (Fsp3) is 0.0833. The van der Waals surface area contributed by atoms with E-state index in [1.807, 2.05) is 0 Å². The molecule has 4 nitrogen and oxygen atoms in total. The number of halogens is 1. The van der Waals surface area contributed by atoms with Crippen LogP contribution < -0.4 is 0 Å². The van der Waals surface area contributed by atoms with Gasteiger partial charge in [0.15, 0.2) is 0 Å². The summed E-state index contributed by atoms with van der Waals surface area (Å²) in [5.74, 6) is -1.16. The minimum Gasteiger partial charge on any atom is -0.478 e.